The number of hydrogen-bond acceptors (Lipinski definition) is 7. The number of rotatable bonds is 6. The molecule has 0 radical (unpaired) electrons. The first-order chi connectivity index (χ1) is 12.5. The van der Waals surface area contributed by atoms with Gasteiger partial charge in [-0.05, 0) is 12.1 Å². The summed E-state index contributed by atoms with van der Waals surface area (Å²) in [6.07, 6.45) is 1.69. The zero-order valence-corrected chi connectivity index (χ0v) is 15.4. The van der Waals surface area contributed by atoms with Crippen molar-refractivity contribution in [2.45, 2.75) is 0 Å². The Morgan fingerprint density at radius 1 is 1.35 bits per heavy atom. The molecule has 0 bridgehead atoms. The topological polar surface area (TPSA) is 84.9 Å². The van der Waals surface area contributed by atoms with E-state index in [-0.39, 0.29) is 19.1 Å². The van der Waals surface area contributed by atoms with Gasteiger partial charge in [-0.1, -0.05) is 42.2 Å². The van der Waals surface area contributed by atoms with Crippen LogP contribution < -0.4 is 10.1 Å². The van der Waals surface area contributed by atoms with Gasteiger partial charge in [0.05, 0.1) is 11.3 Å². The van der Waals surface area contributed by atoms with Crippen LogP contribution in [-0.2, 0) is 19.1 Å². The maximum absolute atomic E-state index is 12.1. The first-order valence-electron chi connectivity index (χ1n) is 7.88. The highest BCUT2D eigenvalue weighted by Crippen LogP contribution is 2.26. The van der Waals surface area contributed by atoms with Crippen LogP contribution in [0.4, 0.5) is 0 Å². The van der Waals surface area contributed by atoms with Crippen molar-refractivity contribution in [3.63, 3.8) is 0 Å². The van der Waals surface area contributed by atoms with Crippen molar-refractivity contribution in [1.29, 1.82) is 0 Å². The van der Waals surface area contributed by atoms with E-state index >= 15 is 0 Å². The van der Waals surface area contributed by atoms with Gasteiger partial charge in [-0.2, -0.15) is 0 Å². The van der Waals surface area contributed by atoms with Gasteiger partial charge in [0, 0.05) is 18.7 Å². The van der Waals surface area contributed by atoms with Crippen LogP contribution in [-0.4, -0.2) is 59.1 Å². The summed E-state index contributed by atoms with van der Waals surface area (Å²) in [5.74, 6) is -0.0622. The molecule has 0 unspecified atom stereocenters. The van der Waals surface area contributed by atoms with Gasteiger partial charge in [-0.3, -0.25) is 14.5 Å². The molecule has 9 heteroatoms. The lowest BCUT2D eigenvalue weighted by Crippen LogP contribution is -2.38. The van der Waals surface area contributed by atoms with Gasteiger partial charge in [-0.15, -0.1) is 0 Å². The number of nitrogens with one attached hydrogen (secondary N) is 1. The molecule has 7 nitrogen and oxygen atoms in total. The van der Waals surface area contributed by atoms with Crippen LogP contribution in [0.2, 0.25) is 0 Å². The molecule has 1 N–H and O–H groups in total. The van der Waals surface area contributed by atoms with E-state index in [0.29, 0.717) is 27.9 Å². The highest BCUT2D eigenvalue weighted by molar-refractivity contribution is 8.23. The predicted molar refractivity (Wildman–Crippen MR) is 101 cm³/mol. The zero-order valence-electron chi connectivity index (χ0n) is 13.7. The van der Waals surface area contributed by atoms with E-state index in [2.05, 4.69) is 5.32 Å². The van der Waals surface area contributed by atoms with E-state index in [1.165, 1.54) is 16.7 Å². The number of carbonyl (C=O) groups excluding carboxylic acids is 3. The number of nitrogens with zero attached hydrogens (tertiary/aromatic N) is 1. The molecule has 1 saturated heterocycles. The molecule has 1 aromatic rings. The highest BCUT2D eigenvalue weighted by atomic mass is 32.2. The fourth-order valence-electron chi connectivity index (χ4n) is 2.41. The minimum absolute atomic E-state index is 0.0646. The number of thioether (sulfide) groups is 1. The Hall–Kier alpha value is -2.39. The third-order valence-corrected chi connectivity index (χ3v) is 5.16. The van der Waals surface area contributed by atoms with Crippen molar-refractivity contribution in [2.24, 2.45) is 0 Å². The van der Waals surface area contributed by atoms with E-state index in [4.69, 9.17) is 21.7 Å². The van der Waals surface area contributed by atoms with Gasteiger partial charge in [0.15, 0.2) is 6.61 Å². The number of benzene rings is 1. The SMILES string of the molecule is O=C(COC(=O)C1=Cc2ccccc2OC1)NCCN1C(=O)CSC1=S. The molecule has 0 aromatic heterocycles. The summed E-state index contributed by atoms with van der Waals surface area (Å²) < 4.78 is 11.0. The lowest BCUT2D eigenvalue weighted by molar-refractivity contribution is -0.145. The summed E-state index contributed by atoms with van der Waals surface area (Å²) in [6, 6.07) is 7.34. The number of amides is 2. The van der Waals surface area contributed by atoms with E-state index < -0.39 is 18.5 Å². The minimum atomic E-state index is -0.595. The summed E-state index contributed by atoms with van der Waals surface area (Å²) in [5.41, 5.74) is 1.14. The second-order valence-electron chi connectivity index (χ2n) is 5.52. The second-order valence-corrected chi connectivity index (χ2v) is 7.13. The lowest BCUT2D eigenvalue weighted by atomic mass is 10.1. The molecule has 0 spiro atoms. The summed E-state index contributed by atoms with van der Waals surface area (Å²) >= 11 is 6.36. The molecular weight excluding hydrogens is 376 g/mol. The van der Waals surface area contributed by atoms with E-state index in [1.807, 2.05) is 24.3 Å². The molecule has 1 aromatic carbocycles. The predicted octanol–water partition coefficient (Wildman–Crippen LogP) is 0.982. The lowest BCUT2D eigenvalue weighted by Gasteiger charge is -2.17. The average Bonchev–Trinajstić information content (AvgIpc) is 2.97. The maximum Gasteiger partial charge on any atom is 0.338 e. The third-order valence-electron chi connectivity index (χ3n) is 3.73. The Balaban J connectivity index is 1.42. The standard InChI is InChI=1S/C17H16N2O5S2/c20-14(18-5-6-19-15(21)10-26-17(19)25)9-24-16(22)12-7-11-3-1-2-4-13(11)23-8-12/h1-4,7H,5-6,8-10H2,(H,18,20). The normalized spacial score (nSPS) is 15.8. The van der Waals surface area contributed by atoms with Crippen LogP contribution in [0.25, 0.3) is 6.08 Å². The number of esters is 1. The first-order valence-corrected chi connectivity index (χ1v) is 9.27. The van der Waals surface area contributed by atoms with Crippen molar-refractivity contribution in [3.05, 3.63) is 35.4 Å². The minimum Gasteiger partial charge on any atom is -0.488 e. The van der Waals surface area contributed by atoms with Gasteiger partial charge in [-0.25, -0.2) is 4.79 Å². The number of thiocarbonyl (C=S) groups is 1. The molecule has 0 saturated carbocycles. The van der Waals surface area contributed by atoms with Crippen LogP contribution in [0, 0.1) is 0 Å². The zero-order chi connectivity index (χ0) is 18.5. The summed E-state index contributed by atoms with van der Waals surface area (Å²) in [6.45, 7) is 0.247. The Kier molecular flexibility index (Phi) is 5.89. The van der Waals surface area contributed by atoms with E-state index in [9.17, 15) is 14.4 Å². The van der Waals surface area contributed by atoms with Gasteiger partial charge >= 0.3 is 5.97 Å². The molecule has 136 valence electrons. The van der Waals surface area contributed by atoms with Gasteiger partial charge < -0.3 is 14.8 Å². The van der Waals surface area contributed by atoms with Gasteiger partial charge in [0.2, 0.25) is 5.91 Å². The van der Waals surface area contributed by atoms with Gasteiger partial charge in [0.1, 0.15) is 16.7 Å². The number of ether oxygens (including phenoxy) is 2. The van der Waals surface area contributed by atoms with E-state index in [1.54, 1.807) is 6.08 Å². The summed E-state index contributed by atoms with van der Waals surface area (Å²) in [4.78, 5) is 36.9. The number of para-hydroxylation sites is 1. The summed E-state index contributed by atoms with van der Waals surface area (Å²) in [7, 11) is 0. The van der Waals surface area contributed by atoms with Crippen molar-refractivity contribution in [3.8, 4) is 5.75 Å². The van der Waals surface area contributed by atoms with Crippen molar-refractivity contribution >= 4 is 52.2 Å². The number of fused-ring (bicyclic) bond motifs is 1. The Bertz CT molecular complexity index is 777. The molecule has 2 heterocycles. The largest absolute Gasteiger partial charge is 0.488 e. The molecule has 2 aliphatic heterocycles. The van der Waals surface area contributed by atoms with Crippen LogP contribution in [0.3, 0.4) is 0 Å². The molecule has 0 aliphatic carbocycles. The molecular formula is C17H16N2O5S2. The van der Waals surface area contributed by atoms with Crippen LogP contribution in [0.1, 0.15) is 5.56 Å². The van der Waals surface area contributed by atoms with Crippen molar-refractivity contribution in [1.82, 2.24) is 10.2 Å². The molecule has 26 heavy (non-hydrogen) atoms. The first kappa shape index (κ1) is 18.4. The average molecular weight is 392 g/mol. The quantitative estimate of drug-likeness (QED) is 0.571. The number of carbonyl (C=O) groups is 3. The van der Waals surface area contributed by atoms with Crippen molar-refractivity contribution < 1.29 is 23.9 Å². The molecule has 1 fully saturated rings. The second kappa shape index (κ2) is 8.33. The van der Waals surface area contributed by atoms with Gasteiger partial charge in [0.25, 0.3) is 5.91 Å². The molecule has 2 amide bonds. The smallest absolute Gasteiger partial charge is 0.338 e. The molecule has 3 rings (SSSR count). The van der Waals surface area contributed by atoms with Crippen LogP contribution >= 0.6 is 24.0 Å². The number of hydrogen-bond donors (Lipinski definition) is 1. The third kappa shape index (κ3) is 4.41. The molecule has 0 atom stereocenters. The van der Waals surface area contributed by atoms with E-state index in [0.717, 1.165) is 5.56 Å². The molecule has 2 aliphatic rings. The fourth-order valence-corrected chi connectivity index (χ4v) is 3.53. The maximum atomic E-state index is 12.1. The Labute approximate surface area is 159 Å². The summed E-state index contributed by atoms with van der Waals surface area (Å²) in [5, 5.41) is 2.59. The Morgan fingerprint density at radius 3 is 2.92 bits per heavy atom. The monoisotopic (exact) mass is 392 g/mol. The highest BCUT2D eigenvalue weighted by Gasteiger charge is 2.26. The van der Waals surface area contributed by atoms with Crippen LogP contribution in [0.15, 0.2) is 29.8 Å². The van der Waals surface area contributed by atoms with Crippen LogP contribution in [0.5, 0.6) is 5.75 Å². The fraction of sp³-hybridized carbons (Fsp3) is 0.294. The Morgan fingerprint density at radius 2 is 2.15 bits per heavy atom. The van der Waals surface area contributed by atoms with Crippen molar-refractivity contribution in [2.75, 3.05) is 32.1 Å².